The lowest BCUT2D eigenvalue weighted by molar-refractivity contribution is 0.123. The molecule has 1 saturated heterocycles. The molecule has 0 radical (unpaired) electrons. The van der Waals surface area contributed by atoms with Gasteiger partial charge in [0.05, 0.1) is 6.54 Å². The topological polar surface area (TPSA) is 43.0 Å². The van der Waals surface area contributed by atoms with Crippen LogP contribution in [0.15, 0.2) is 18.2 Å². The molecule has 1 aromatic rings. The van der Waals surface area contributed by atoms with Gasteiger partial charge in [0, 0.05) is 18.9 Å². The van der Waals surface area contributed by atoms with E-state index in [0.29, 0.717) is 11.7 Å². The maximum atomic E-state index is 5.37. The fourth-order valence-corrected chi connectivity index (χ4v) is 2.30. The molecule has 0 bridgehead atoms. The van der Waals surface area contributed by atoms with Crippen LogP contribution in [0.5, 0.6) is 11.5 Å². The molecule has 0 saturated carbocycles. The molecule has 1 fully saturated rings. The average molecular weight is 252 g/mol. The summed E-state index contributed by atoms with van der Waals surface area (Å²) in [4.78, 5) is 1.93. The molecular weight excluding hydrogens is 240 g/mol. The van der Waals surface area contributed by atoms with E-state index in [0.717, 1.165) is 17.2 Å². The number of hydrogen-bond donors (Lipinski definition) is 1. The molecule has 2 aliphatic rings. The predicted molar refractivity (Wildman–Crippen MR) is 66.4 cm³/mol. The summed E-state index contributed by atoms with van der Waals surface area (Å²) < 4.78 is 16.0. The quantitative estimate of drug-likeness (QED) is 0.795. The van der Waals surface area contributed by atoms with Crippen LogP contribution in [0.1, 0.15) is 0 Å². The van der Waals surface area contributed by atoms with Gasteiger partial charge in [0.15, 0.2) is 22.8 Å². The molecule has 0 aromatic heterocycles. The summed E-state index contributed by atoms with van der Waals surface area (Å²) in [6.45, 7) is 0.957. The Morgan fingerprint density at radius 1 is 1.41 bits per heavy atom. The van der Waals surface area contributed by atoms with Crippen LogP contribution < -0.4 is 19.7 Å². The van der Waals surface area contributed by atoms with Gasteiger partial charge >= 0.3 is 0 Å². The van der Waals surface area contributed by atoms with Crippen molar-refractivity contribution in [1.29, 1.82) is 0 Å². The number of hydrogen-bond acceptors (Lipinski definition) is 4. The molecule has 2 heterocycles. The van der Waals surface area contributed by atoms with Crippen LogP contribution >= 0.6 is 12.2 Å². The summed E-state index contributed by atoms with van der Waals surface area (Å²) in [5, 5.41) is 3.76. The first-order chi connectivity index (χ1) is 8.29. The molecule has 0 aliphatic carbocycles. The van der Waals surface area contributed by atoms with E-state index >= 15 is 0 Å². The van der Waals surface area contributed by atoms with Crippen molar-refractivity contribution in [3.05, 3.63) is 18.2 Å². The van der Waals surface area contributed by atoms with Crippen molar-refractivity contribution in [3.63, 3.8) is 0 Å². The average Bonchev–Trinajstić information content (AvgIpc) is 2.93. The van der Waals surface area contributed by atoms with Crippen LogP contribution in [0.25, 0.3) is 0 Å². The molecule has 1 atom stereocenters. The Morgan fingerprint density at radius 3 is 3.06 bits per heavy atom. The molecule has 1 unspecified atom stereocenters. The Hall–Kier alpha value is -1.53. The third-order valence-electron chi connectivity index (χ3n) is 2.84. The van der Waals surface area contributed by atoms with E-state index in [4.69, 9.17) is 26.4 Å². The van der Waals surface area contributed by atoms with E-state index in [9.17, 15) is 0 Å². The molecule has 5 nitrogen and oxygen atoms in total. The Balaban J connectivity index is 1.95. The van der Waals surface area contributed by atoms with Crippen molar-refractivity contribution < 1.29 is 14.2 Å². The van der Waals surface area contributed by atoms with Gasteiger partial charge in [-0.05, 0) is 24.4 Å². The van der Waals surface area contributed by atoms with Gasteiger partial charge in [-0.25, -0.2) is 0 Å². The van der Waals surface area contributed by atoms with Gasteiger partial charge in [0.1, 0.15) is 0 Å². The summed E-state index contributed by atoms with van der Waals surface area (Å²) in [6, 6.07) is 5.73. The minimum absolute atomic E-state index is 0.0807. The summed E-state index contributed by atoms with van der Waals surface area (Å²) in [5.74, 6) is 1.51. The maximum absolute atomic E-state index is 5.37. The smallest absolute Gasteiger partial charge is 0.231 e. The highest BCUT2D eigenvalue weighted by Gasteiger charge is 2.30. The lowest BCUT2D eigenvalue weighted by Crippen LogP contribution is -2.35. The number of fused-ring (bicyclic) bond motifs is 1. The highest BCUT2D eigenvalue weighted by molar-refractivity contribution is 7.80. The van der Waals surface area contributed by atoms with Crippen molar-refractivity contribution in [1.82, 2.24) is 5.32 Å². The number of anilines is 1. The summed E-state index contributed by atoms with van der Waals surface area (Å²) >= 11 is 5.26. The van der Waals surface area contributed by atoms with Gasteiger partial charge in [-0.15, -0.1) is 0 Å². The number of rotatable bonds is 2. The van der Waals surface area contributed by atoms with E-state index < -0.39 is 0 Å². The summed E-state index contributed by atoms with van der Waals surface area (Å²) in [7, 11) is 1.67. The first-order valence-electron chi connectivity index (χ1n) is 5.29. The Kier molecular flexibility index (Phi) is 2.53. The van der Waals surface area contributed by atoms with E-state index in [1.807, 2.05) is 23.1 Å². The molecule has 6 heteroatoms. The third-order valence-corrected chi connectivity index (χ3v) is 3.18. The van der Waals surface area contributed by atoms with Crippen LogP contribution in [-0.4, -0.2) is 31.8 Å². The fourth-order valence-electron chi connectivity index (χ4n) is 1.99. The number of methoxy groups -OCH3 is 1. The van der Waals surface area contributed by atoms with E-state index in [1.165, 1.54) is 0 Å². The molecule has 1 N–H and O–H groups in total. The van der Waals surface area contributed by atoms with Crippen LogP contribution in [-0.2, 0) is 4.74 Å². The van der Waals surface area contributed by atoms with Crippen molar-refractivity contribution in [2.45, 2.75) is 6.23 Å². The number of nitrogens with zero attached hydrogens (tertiary/aromatic N) is 1. The molecular formula is C11H12N2O3S. The fraction of sp³-hybridized carbons (Fsp3) is 0.364. The third kappa shape index (κ3) is 1.69. The van der Waals surface area contributed by atoms with Crippen molar-refractivity contribution in [2.75, 3.05) is 25.3 Å². The molecule has 2 aliphatic heterocycles. The van der Waals surface area contributed by atoms with Crippen LogP contribution in [0.3, 0.4) is 0 Å². The Bertz CT molecular complexity index is 466. The van der Waals surface area contributed by atoms with Gasteiger partial charge in [-0.1, -0.05) is 0 Å². The van der Waals surface area contributed by atoms with Crippen molar-refractivity contribution in [3.8, 4) is 11.5 Å². The standard InChI is InChI=1S/C11H12N2O3S/c1-14-10-5-12-11(17)13(10)7-2-3-8-9(4-7)16-6-15-8/h2-4,10H,5-6H2,1H3,(H,12,17). The largest absolute Gasteiger partial charge is 0.454 e. The Morgan fingerprint density at radius 2 is 2.24 bits per heavy atom. The zero-order valence-corrected chi connectivity index (χ0v) is 10.1. The summed E-state index contributed by atoms with van der Waals surface area (Å²) in [5.41, 5.74) is 0.941. The maximum Gasteiger partial charge on any atom is 0.231 e. The highest BCUT2D eigenvalue weighted by atomic mass is 32.1. The van der Waals surface area contributed by atoms with Crippen LogP contribution in [0, 0.1) is 0 Å². The Labute approximate surface area is 104 Å². The van der Waals surface area contributed by atoms with E-state index in [2.05, 4.69) is 5.32 Å². The van der Waals surface area contributed by atoms with Crippen LogP contribution in [0.2, 0.25) is 0 Å². The van der Waals surface area contributed by atoms with Crippen molar-refractivity contribution in [2.24, 2.45) is 0 Å². The second kappa shape index (κ2) is 4.05. The van der Waals surface area contributed by atoms with Gasteiger partial charge in [0.25, 0.3) is 0 Å². The zero-order chi connectivity index (χ0) is 11.8. The second-order valence-corrected chi connectivity index (χ2v) is 4.17. The molecule has 1 aromatic carbocycles. The lowest BCUT2D eigenvalue weighted by Gasteiger charge is -2.23. The molecule has 17 heavy (non-hydrogen) atoms. The van der Waals surface area contributed by atoms with Gasteiger partial charge < -0.3 is 19.5 Å². The predicted octanol–water partition coefficient (Wildman–Crippen LogP) is 1.08. The minimum Gasteiger partial charge on any atom is -0.454 e. The number of thiocarbonyl (C=S) groups is 1. The number of nitrogens with one attached hydrogen (secondary N) is 1. The first kappa shape index (κ1) is 10.6. The van der Waals surface area contributed by atoms with Gasteiger partial charge in [-0.2, -0.15) is 0 Å². The molecule has 0 spiro atoms. The normalized spacial score (nSPS) is 21.8. The molecule has 0 amide bonds. The number of ether oxygens (including phenoxy) is 3. The van der Waals surface area contributed by atoms with E-state index in [-0.39, 0.29) is 13.0 Å². The monoisotopic (exact) mass is 252 g/mol. The van der Waals surface area contributed by atoms with E-state index in [1.54, 1.807) is 7.11 Å². The van der Waals surface area contributed by atoms with Gasteiger partial charge in [-0.3, -0.25) is 4.90 Å². The van der Waals surface area contributed by atoms with Gasteiger partial charge in [0.2, 0.25) is 6.79 Å². The highest BCUT2D eigenvalue weighted by Crippen LogP contribution is 2.36. The molecule has 3 rings (SSSR count). The summed E-state index contributed by atoms with van der Waals surface area (Å²) in [6.07, 6.45) is -0.0807. The number of benzene rings is 1. The zero-order valence-electron chi connectivity index (χ0n) is 9.30. The lowest BCUT2D eigenvalue weighted by atomic mass is 10.2. The first-order valence-corrected chi connectivity index (χ1v) is 5.70. The minimum atomic E-state index is -0.0807. The SMILES string of the molecule is COC1CNC(=S)N1c1ccc2c(c1)OCO2. The second-order valence-electron chi connectivity index (χ2n) is 3.78. The van der Waals surface area contributed by atoms with Crippen molar-refractivity contribution >= 4 is 23.0 Å². The molecule has 90 valence electrons. The van der Waals surface area contributed by atoms with Crippen LogP contribution in [0.4, 0.5) is 5.69 Å².